The van der Waals surface area contributed by atoms with Gasteiger partial charge in [0, 0.05) is 46.3 Å². The molecule has 190 valence electrons. The second-order valence-electron chi connectivity index (χ2n) is 10.2. The van der Waals surface area contributed by atoms with Crippen molar-refractivity contribution in [3.63, 3.8) is 0 Å². The second kappa shape index (κ2) is 13.2. The van der Waals surface area contributed by atoms with Gasteiger partial charge in [-0.15, -0.1) is 0 Å². The Bertz CT molecular complexity index is 777. The van der Waals surface area contributed by atoms with Crippen LogP contribution < -0.4 is 11.1 Å². The number of likely N-dealkylation sites (tertiary alicyclic amines) is 1. The fourth-order valence-corrected chi connectivity index (χ4v) is 5.47. The van der Waals surface area contributed by atoms with Crippen molar-refractivity contribution in [2.75, 3.05) is 39.9 Å². The second-order valence-corrected chi connectivity index (χ2v) is 10.2. The molecule has 3 N–H and O–H groups in total. The number of nitrogens with zero attached hydrogens (tertiary/aromatic N) is 2. The number of amides is 2. The predicted molar refractivity (Wildman–Crippen MR) is 135 cm³/mol. The molecule has 0 radical (unpaired) electrons. The molecule has 34 heavy (non-hydrogen) atoms. The molecule has 7 heteroatoms. The van der Waals surface area contributed by atoms with Crippen molar-refractivity contribution >= 4 is 11.8 Å². The van der Waals surface area contributed by atoms with Crippen molar-refractivity contribution in [2.24, 2.45) is 17.6 Å². The van der Waals surface area contributed by atoms with Crippen molar-refractivity contribution in [1.82, 2.24) is 15.1 Å². The summed E-state index contributed by atoms with van der Waals surface area (Å²) in [4.78, 5) is 29.8. The maximum atomic E-state index is 13.3. The lowest BCUT2D eigenvalue weighted by molar-refractivity contribution is -0.142. The van der Waals surface area contributed by atoms with Gasteiger partial charge in [-0.1, -0.05) is 29.8 Å². The number of nitrogens with two attached hydrogens (primary N) is 1. The summed E-state index contributed by atoms with van der Waals surface area (Å²) in [6.45, 7) is 7.98. The number of piperidine rings is 1. The van der Waals surface area contributed by atoms with Crippen molar-refractivity contribution in [2.45, 2.75) is 71.0 Å². The molecular formula is C27H44N4O3. The van der Waals surface area contributed by atoms with Gasteiger partial charge in [-0.25, -0.2) is 0 Å². The van der Waals surface area contributed by atoms with E-state index < -0.39 is 6.04 Å². The molecule has 1 aromatic carbocycles. The number of rotatable bonds is 10. The monoisotopic (exact) mass is 472 g/mol. The third kappa shape index (κ3) is 7.52. The molecule has 7 nitrogen and oxygen atoms in total. The molecule has 1 unspecified atom stereocenters. The summed E-state index contributed by atoms with van der Waals surface area (Å²) < 4.78 is 5.38. The van der Waals surface area contributed by atoms with Crippen LogP contribution in [0.15, 0.2) is 24.3 Å². The summed E-state index contributed by atoms with van der Waals surface area (Å²) in [6.07, 6.45) is 6.05. The van der Waals surface area contributed by atoms with E-state index in [2.05, 4.69) is 41.4 Å². The van der Waals surface area contributed by atoms with Gasteiger partial charge >= 0.3 is 0 Å². The molecular weight excluding hydrogens is 428 g/mol. The Labute approximate surface area is 205 Å². The molecule has 0 aromatic heterocycles. The predicted octanol–water partition coefficient (Wildman–Crippen LogP) is 2.70. The molecule has 1 aromatic rings. The van der Waals surface area contributed by atoms with Crippen LogP contribution in [-0.2, 0) is 20.9 Å². The quantitative estimate of drug-likeness (QED) is 0.547. The van der Waals surface area contributed by atoms with Gasteiger partial charge in [-0.05, 0) is 69.4 Å². The molecule has 1 aliphatic carbocycles. The minimum absolute atomic E-state index is 0.0112. The van der Waals surface area contributed by atoms with Crippen molar-refractivity contribution in [3.05, 3.63) is 35.4 Å². The number of carbonyl (C=O) groups is 2. The van der Waals surface area contributed by atoms with Crippen LogP contribution in [0.1, 0.15) is 56.6 Å². The van der Waals surface area contributed by atoms with Crippen LogP contribution in [0, 0.1) is 18.8 Å². The Hall–Kier alpha value is -1.96. The lowest BCUT2D eigenvalue weighted by Gasteiger charge is -2.42. The van der Waals surface area contributed by atoms with E-state index in [9.17, 15) is 9.59 Å². The van der Waals surface area contributed by atoms with Crippen LogP contribution in [0.25, 0.3) is 0 Å². The summed E-state index contributed by atoms with van der Waals surface area (Å²) in [6, 6.07) is 8.42. The van der Waals surface area contributed by atoms with Gasteiger partial charge < -0.3 is 20.7 Å². The Morgan fingerprint density at radius 2 is 1.79 bits per heavy atom. The van der Waals surface area contributed by atoms with E-state index in [-0.39, 0.29) is 17.9 Å². The molecule has 1 heterocycles. The molecule has 3 rings (SSSR count). The van der Waals surface area contributed by atoms with Gasteiger partial charge in [0.25, 0.3) is 0 Å². The summed E-state index contributed by atoms with van der Waals surface area (Å²) in [7, 11) is 1.72. The maximum absolute atomic E-state index is 13.3. The topological polar surface area (TPSA) is 87.9 Å². The largest absolute Gasteiger partial charge is 0.383 e. The van der Waals surface area contributed by atoms with Crippen LogP contribution in [-0.4, -0.2) is 73.6 Å². The average Bonchev–Trinajstić information content (AvgIpc) is 2.86. The van der Waals surface area contributed by atoms with Crippen LogP contribution in [0.3, 0.4) is 0 Å². The highest BCUT2D eigenvalue weighted by atomic mass is 16.5. The van der Waals surface area contributed by atoms with E-state index in [0.29, 0.717) is 38.0 Å². The van der Waals surface area contributed by atoms with E-state index in [1.807, 2.05) is 0 Å². The third-order valence-corrected chi connectivity index (χ3v) is 7.75. The molecule has 2 atom stereocenters. The lowest BCUT2D eigenvalue weighted by atomic mass is 9.82. The average molecular weight is 473 g/mol. The summed E-state index contributed by atoms with van der Waals surface area (Å²) in [5, 5.41) is 3.19. The fraction of sp³-hybridized carbons (Fsp3) is 0.704. The first-order valence-corrected chi connectivity index (χ1v) is 12.9. The summed E-state index contributed by atoms with van der Waals surface area (Å²) in [5.41, 5.74) is 8.32. The zero-order valence-corrected chi connectivity index (χ0v) is 21.3. The third-order valence-electron chi connectivity index (χ3n) is 7.75. The van der Waals surface area contributed by atoms with Gasteiger partial charge in [0.1, 0.15) is 6.04 Å². The van der Waals surface area contributed by atoms with Crippen molar-refractivity contribution < 1.29 is 14.3 Å². The number of carbonyl (C=O) groups excluding carboxylic acids is 2. The van der Waals surface area contributed by atoms with E-state index in [4.69, 9.17) is 10.5 Å². The highest BCUT2D eigenvalue weighted by molar-refractivity contribution is 5.87. The van der Waals surface area contributed by atoms with Gasteiger partial charge in [0.05, 0.1) is 6.61 Å². The van der Waals surface area contributed by atoms with E-state index in [1.54, 1.807) is 18.9 Å². The molecule has 0 spiro atoms. The van der Waals surface area contributed by atoms with Gasteiger partial charge in [0.15, 0.2) is 0 Å². The number of ether oxygens (including phenoxy) is 1. The zero-order chi connectivity index (χ0) is 24.5. The number of aryl methyl sites for hydroxylation is 1. The molecule has 2 amide bonds. The number of methoxy groups -OCH3 is 1. The molecule has 0 bridgehead atoms. The fourth-order valence-electron chi connectivity index (χ4n) is 5.47. The first-order chi connectivity index (χ1) is 16.4. The molecule has 2 fully saturated rings. The summed E-state index contributed by atoms with van der Waals surface area (Å²) in [5.74, 6) is 1.11. The Morgan fingerprint density at radius 1 is 1.12 bits per heavy atom. The van der Waals surface area contributed by atoms with Crippen molar-refractivity contribution in [1.29, 1.82) is 0 Å². The zero-order valence-electron chi connectivity index (χ0n) is 21.3. The molecule has 1 aliphatic heterocycles. The maximum Gasteiger partial charge on any atom is 0.242 e. The van der Waals surface area contributed by atoms with Gasteiger partial charge in [-0.2, -0.15) is 0 Å². The number of hydrogen-bond donors (Lipinski definition) is 2. The molecule has 1 saturated heterocycles. The Kier molecular flexibility index (Phi) is 10.4. The van der Waals surface area contributed by atoms with Crippen LogP contribution in [0.4, 0.5) is 0 Å². The first kappa shape index (κ1) is 26.6. The van der Waals surface area contributed by atoms with Crippen LogP contribution >= 0.6 is 0 Å². The minimum Gasteiger partial charge on any atom is -0.383 e. The molecule has 2 aliphatic rings. The summed E-state index contributed by atoms with van der Waals surface area (Å²) >= 11 is 0. The highest BCUT2D eigenvalue weighted by Gasteiger charge is 2.37. The minimum atomic E-state index is -0.417. The Balaban J connectivity index is 1.63. The SMILES string of the molecule is COCCN(Cc1ccc(C)cc1)C1CCN(C(C)=O)[C@@H](C(=O)NCC2CCC(CN)CC2)C1. The smallest absolute Gasteiger partial charge is 0.242 e. The van der Waals surface area contributed by atoms with Crippen LogP contribution in [0.5, 0.6) is 0 Å². The van der Waals surface area contributed by atoms with E-state index in [1.165, 1.54) is 11.1 Å². The normalized spacial score (nSPS) is 25.4. The molecule has 1 saturated carbocycles. The number of hydrogen-bond acceptors (Lipinski definition) is 5. The number of nitrogens with one attached hydrogen (secondary N) is 1. The van der Waals surface area contributed by atoms with Gasteiger partial charge in [-0.3, -0.25) is 14.5 Å². The van der Waals surface area contributed by atoms with Crippen LogP contribution in [0.2, 0.25) is 0 Å². The lowest BCUT2D eigenvalue weighted by Crippen LogP contribution is -2.57. The van der Waals surface area contributed by atoms with Gasteiger partial charge in [0.2, 0.25) is 11.8 Å². The standard InChI is InChI=1S/C27H44N4O3/c1-20-4-6-24(7-5-20)19-30(14-15-34-3)25-12-13-31(21(2)32)26(16-25)27(33)29-18-23-10-8-22(17-28)9-11-23/h4-7,22-23,25-26H,8-19,28H2,1-3H3,(H,29,33)/t22?,23?,25?,26-/m1/s1. The highest BCUT2D eigenvalue weighted by Crippen LogP contribution is 2.28. The Morgan fingerprint density at radius 3 is 2.41 bits per heavy atom. The van der Waals surface area contributed by atoms with E-state index in [0.717, 1.165) is 51.7 Å². The van der Waals surface area contributed by atoms with Crippen molar-refractivity contribution in [3.8, 4) is 0 Å². The first-order valence-electron chi connectivity index (χ1n) is 12.9. The number of benzene rings is 1. The van der Waals surface area contributed by atoms with E-state index >= 15 is 0 Å².